The van der Waals surface area contributed by atoms with E-state index in [1.54, 1.807) is 29.0 Å². The maximum Gasteiger partial charge on any atom is 0.323 e. The first-order chi connectivity index (χ1) is 15.5. The number of carbonyl (C=O) groups is 2. The molecule has 1 fully saturated rings. The Kier molecular flexibility index (Phi) is 6.80. The van der Waals surface area contributed by atoms with E-state index in [0.29, 0.717) is 55.3 Å². The van der Waals surface area contributed by atoms with Crippen LogP contribution in [0.1, 0.15) is 32.8 Å². The van der Waals surface area contributed by atoms with Crippen LogP contribution >= 0.6 is 11.3 Å². The molecule has 0 saturated carbocycles. The lowest BCUT2D eigenvalue weighted by Gasteiger charge is -2.22. The van der Waals surface area contributed by atoms with Crippen molar-refractivity contribution in [3.8, 4) is 0 Å². The van der Waals surface area contributed by atoms with E-state index in [1.807, 2.05) is 36.4 Å². The summed E-state index contributed by atoms with van der Waals surface area (Å²) in [4.78, 5) is 34.2. The van der Waals surface area contributed by atoms with Crippen LogP contribution in [-0.2, 0) is 6.42 Å². The third kappa shape index (κ3) is 5.31. The molecule has 8 heteroatoms. The van der Waals surface area contributed by atoms with Crippen molar-refractivity contribution >= 4 is 28.4 Å². The lowest BCUT2D eigenvalue weighted by Crippen LogP contribution is -2.39. The second-order valence-electron chi connectivity index (χ2n) is 7.82. The minimum Gasteiger partial charge on any atom is -0.337 e. The summed E-state index contributed by atoms with van der Waals surface area (Å²) in [6.07, 6.45) is 2.99. The Balaban J connectivity index is 1.32. The number of hydrogen-bond acceptors (Lipinski definition) is 4. The van der Waals surface area contributed by atoms with Crippen LogP contribution in [0.15, 0.2) is 54.7 Å². The Labute approximate surface area is 190 Å². The highest BCUT2D eigenvalue weighted by Crippen LogP contribution is 2.22. The van der Waals surface area contributed by atoms with Crippen molar-refractivity contribution in [2.45, 2.75) is 19.8 Å². The van der Waals surface area contributed by atoms with Gasteiger partial charge in [0.05, 0.1) is 0 Å². The number of rotatable bonds is 4. The lowest BCUT2D eigenvalue weighted by atomic mass is 10.1. The van der Waals surface area contributed by atoms with Gasteiger partial charge in [-0.2, -0.15) is 0 Å². The molecule has 0 radical (unpaired) electrons. The van der Waals surface area contributed by atoms with Crippen molar-refractivity contribution in [3.05, 3.63) is 82.1 Å². The summed E-state index contributed by atoms with van der Waals surface area (Å²) < 4.78 is 13.8. The zero-order valence-corrected chi connectivity index (χ0v) is 18.7. The van der Waals surface area contributed by atoms with Gasteiger partial charge in [0.2, 0.25) is 0 Å². The van der Waals surface area contributed by atoms with Gasteiger partial charge in [0.15, 0.2) is 5.13 Å². The molecule has 1 N–H and O–H groups in total. The van der Waals surface area contributed by atoms with E-state index in [4.69, 9.17) is 0 Å². The van der Waals surface area contributed by atoms with Gasteiger partial charge >= 0.3 is 6.03 Å². The van der Waals surface area contributed by atoms with Crippen molar-refractivity contribution in [1.29, 1.82) is 0 Å². The van der Waals surface area contributed by atoms with Gasteiger partial charge in [-0.15, -0.1) is 11.3 Å². The molecular formula is C24H25FN4O2S. The molecule has 0 atom stereocenters. The van der Waals surface area contributed by atoms with Crippen LogP contribution in [0.3, 0.4) is 0 Å². The standard InChI is InChI=1S/C24H25FN4O2S/c1-17-8-9-18(15-21(17)25)14-20-16-26-23(32-20)27-24(31)29-11-5-10-28(12-13-29)22(30)19-6-3-2-4-7-19/h2-4,6-9,15-16H,5,10-14H2,1H3,(H,26,27,31). The normalized spacial score (nSPS) is 14.2. The number of urea groups is 1. The van der Waals surface area contributed by atoms with E-state index in [2.05, 4.69) is 10.3 Å². The number of benzene rings is 2. The minimum absolute atomic E-state index is 0.00929. The third-order valence-electron chi connectivity index (χ3n) is 5.47. The highest BCUT2D eigenvalue weighted by molar-refractivity contribution is 7.15. The summed E-state index contributed by atoms with van der Waals surface area (Å²) in [7, 11) is 0. The predicted octanol–water partition coefficient (Wildman–Crippen LogP) is 4.56. The SMILES string of the molecule is Cc1ccc(Cc2cnc(NC(=O)N3CCCN(C(=O)c4ccccc4)CC3)s2)cc1F. The van der Waals surface area contributed by atoms with E-state index in [9.17, 15) is 14.0 Å². The van der Waals surface area contributed by atoms with Gasteiger partial charge < -0.3 is 9.80 Å². The lowest BCUT2D eigenvalue weighted by molar-refractivity contribution is 0.0762. The van der Waals surface area contributed by atoms with Crippen LogP contribution in [-0.4, -0.2) is 52.9 Å². The number of aryl methyl sites for hydroxylation is 1. The second kappa shape index (κ2) is 9.91. The first kappa shape index (κ1) is 22.0. The average molecular weight is 453 g/mol. The number of anilines is 1. The van der Waals surface area contributed by atoms with E-state index in [-0.39, 0.29) is 17.8 Å². The number of halogens is 1. The van der Waals surface area contributed by atoms with E-state index in [0.717, 1.165) is 10.4 Å². The van der Waals surface area contributed by atoms with Gasteiger partial charge in [-0.1, -0.05) is 30.3 Å². The van der Waals surface area contributed by atoms with Crippen molar-refractivity contribution in [3.63, 3.8) is 0 Å². The number of hydrogen-bond donors (Lipinski definition) is 1. The Bertz CT molecular complexity index is 1100. The number of carbonyl (C=O) groups excluding carboxylic acids is 2. The molecule has 32 heavy (non-hydrogen) atoms. The molecule has 2 heterocycles. The largest absolute Gasteiger partial charge is 0.337 e. The van der Waals surface area contributed by atoms with Crippen LogP contribution in [0.5, 0.6) is 0 Å². The number of aromatic nitrogens is 1. The smallest absolute Gasteiger partial charge is 0.323 e. The van der Waals surface area contributed by atoms with Gasteiger partial charge in [-0.25, -0.2) is 14.2 Å². The Morgan fingerprint density at radius 2 is 1.81 bits per heavy atom. The first-order valence-electron chi connectivity index (χ1n) is 10.6. The number of nitrogens with one attached hydrogen (secondary N) is 1. The fourth-order valence-corrected chi connectivity index (χ4v) is 4.49. The molecule has 1 saturated heterocycles. The Hall–Kier alpha value is -3.26. The summed E-state index contributed by atoms with van der Waals surface area (Å²) in [6.45, 7) is 3.88. The Morgan fingerprint density at radius 3 is 2.59 bits per heavy atom. The van der Waals surface area contributed by atoms with Gasteiger partial charge in [-0.3, -0.25) is 10.1 Å². The monoisotopic (exact) mass is 452 g/mol. The van der Waals surface area contributed by atoms with Crippen LogP contribution in [0, 0.1) is 12.7 Å². The molecular weight excluding hydrogens is 427 g/mol. The van der Waals surface area contributed by atoms with Crippen molar-refractivity contribution < 1.29 is 14.0 Å². The third-order valence-corrected chi connectivity index (χ3v) is 6.39. The van der Waals surface area contributed by atoms with Crippen LogP contribution < -0.4 is 5.32 Å². The molecule has 2 aromatic carbocycles. The van der Waals surface area contributed by atoms with Crippen molar-refractivity contribution in [2.75, 3.05) is 31.5 Å². The first-order valence-corrected chi connectivity index (χ1v) is 11.4. The average Bonchev–Trinajstić information content (AvgIpc) is 3.08. The summed E-state index contributed by atoms with van der Waals surface area (Å²) in [5.41, 5.74) is 2.15. The molecule has 1 aromatic heterocycles. The fourth-order valence-electron chi connectivity index (χ4n) is 3.65. The van der Waals surface area contributed by atoms with Gasteiger partial charge in [0, 0.05) is 49.2 Å². The predicted molar refractivity (Wildman–Crippen MR) is 124 cm³/mol. The van der Waals surface area contributed by atoms with E-state index >= 15 is 0 Å². The fraction of sp³-hybridized carbons (Fsp3) is 0.292. The second-order valence-corrected chi connectivity index (χ2v) is 8.94. The molecule has 0 unspecified atom stereocenters. The molecule has 1 aliphatic heterocycles. The topological polar surface area (TPSA) is 65.5 Å². The number of thiazole rings is 1. The molecule has 1 aliphatic rings. The van der Waals surface area contributed by atoms with E-state index < -0.39 is 0 Å². The van der Waals surface area contributed by atoms with Gasteiger partial charge in [0.25, 0.3) is 5.91 Å². The van der Waals surface area contributed by atoms with Crippen molar-refractivity contribution in [2.24, 2.45) is 0 Å². The molecule has 166 valence electrons. The molecule has 3 aromatic rings. The quantitative estimate of drug-likeness (QED) is 0.631. The van der Waals surface area contributed by atoms with Gasteiger partial charge in [0.1, 0.15) is 5.82 Å². The van der Waals surface area contributed by atoms with Gasteiger partial charge in [-0.05, 0) is 42.7 Å². The Morgan fingerprint density at radius 1 is 1.06 bits per heavy atom. The highest BCUT2D eigenvalue weighted by Gasteiger charge is 2.23. The number of amides is 3. The van der Waals surface area contributed by atoms with Crippen LogP contribution in [0.25, 0.3) is 0 Å². The summed E-state index contributed by atoms with van der Waals surface area (Å²) in [6, 6.07) is 14.2. The van der Waals surface area contributed by atoms with Crippen molar-refractivity contribution in [1.82, 2.24) is 14.8 Å². The maximum atomic E-state index is 13.8. The van der Waals surface area contributed by atoms with Crippen LogP contribution in [0.4, 0.5) is 14.3 Å². The molecule has 0 aliphatic carbocycles. The summed E-state index contributed by atoms with van der Waals surface area (Å²) in [5, 5.41) is 3.37. The molecule has 0 spiro atoms. The zero-order valence-electron chi connectivity index (χ0n) is 17.9. The highest BCUT2D eigenvalue weighted by atomic mass is 32.1. The molecule has 3 amide bonds. The molecule has 6 nitrogen and oxygen atoms in total. The van der Waals surface area contributed by atoms with Crippen LogP contribution in [0.2, 0.25) is 0 Å². The summed E-state index contributed by atoms with van der Waals surface area (Å²) in [5.74, 6) is -0.230. The minimum atomic E-state index is -0.221. The molecule has 0 bridgehead atoms. The summed E-state index contributed by atoms with van der Waals surface area (Å²) >= 11 is 1.38. The maximum absolute atomic E-state index is 13.8. The number of nitrogens with zero attached hydrogens (tertiary/aromatic N) is 3. The van der Waals surface area contributed by atoms with E-state index in [1.165, 1.54) is 17.4 Å². The molecule has 4 rings (SSSR count). The zero-order chi connectivity index (χ0) is 22.5.